The molecule has 1 aliphatic heterocycles. The van der Waals surface area contributed by atoms with E-state index in [1.165, 1.54) is 32.2 Å². The summed E-state index contributed by atoms with van der Waals surface area (Å²) in [7, 11) is 0. The van der Waals surface area contributed by atoms with Gasteiger partial charge >= 0.3 is 0 Å². The number of nitrogens with two attached hydrogens (primary N) is 1. The van der Waals surface area contributed by atoms with Crippen LogP contribution in [0.2, 0.25) is 0 Å². The highest BCUT2D eigenvalue weighted by atomic mass is 15.4. The molecule has 2 heterocycles. The number of nitrogens with zero attached hydrogens (tertiary/aromatic N) is 4. The minimum atomic E-state index is 0.401. The molecule has 0 amide bonds. The van der Waals surface area contributed by atoms with Crippen molar-refractivity contribution in [1.82, 2.24) is 20.1 Å². The molecule has 1 saturated heterocycles. The number of nitrogen functional groups attached to an aromatic ring is 1. The number of H-pyrrole nitrogens is 1. The van der Waals surface area contributed by atoms with E-state index >= 15 is 0 Å². The van der Waals surface area contributed by atoms with Crippen molar-refractivity contribution in [3.63, 3.8) is 0 Å². The zero-order valence-corrected chi connectivity index (χ0v) is 10.8. The highest BCUT2D eigenvalue weighted by Gasteiger charge is 2.23. The molecule has 0 unspecified atom stereocenters. The van der Waals surface area contributed by atoms with Gasteiger partial charge in [0.25, 0.3) is 0 Å². The highest BCUT2D eigenvalue weighted by molar-refractivity contribution is 5.34. The van der Waals surface area contributed by atoms with Crippen LogP contribution in [-0.2, 0) is 0 Å². The maximum absolute atomic E-state index is 5.56. The SMILES string of the molecule is Nc1nc(N2CCN(CC3CCCC3)CC2)n[nH]1. The molecule has 1 aliphatic carbocycles. The number of anilines is 2. The smallest absolute Gasteiger partial charge is 0.246 e. The molecule has 2 aliphatic rings. The summed E-state index contributed by atoms with van der Waals surface area (Å²) in [6.45, 7) is 5.52. The molecule has 0 atom stereocenters. The maximum Gasteiger partial charge on any atom is 0.246 e. The first-order chi connectivity index (χ1) is 8.81. The van der Waals surface area contributed by atoms with Gasteiger partial charge in [0.05, 0.1) is 0 Å². The standard InChI is InChI=1S/C12H22N6/c13-11-14-12(16-15-11)18-7-5-17(6-8-18)9-10-3-1-2-4-10/h10H,1-9H2,(H3,13,14,15,16). The third-order valence-corrected chi connectivity index (χ3v) is 4.14. The van der Waals surface area contributed by atoms with Crippen LogP contribution < -0.4 is 10.6 Å². The monoisotopic (exact) mass is 250 g/mol. The van der Waals surface area contributed by atoms with Gasteiger partial charge in [-0.3, -0.25) is 4.90 Å². The van der Waals surface area contributed by atoms with E-state index in [1.54, 1.807) is 0 Å². The summed E-state index contributed by atoms with van der Waals surface area (Å²) in [6.07, 6.45) is 5.72. The Morgan fingerprint density at radius 2 is 1.89 bits per heavy atom. The van der Waals surface area contributed by atoms with Gasteiger partial charge in [0.2, 0.25) is 11.9 Å². The number of aromatic amines is 1. The molecule has 100 valence electrons. The van der Waals surface area contributed by atoms with E-state index in [0.29, 0.717) is 5.95 Å². The molecule has 3 N–H and O–H groups in total. The largest absolute Gasteiger partial charge is 0.368 e. The second kappa shape index (κ2) is 5.14. The molecule has 6 heteroatoms. The lowest BCUT2D eigenvalue weighted by atomic mass is 10.1. The molecule has 18 heavy (non-hydrogen) atoms. The summed E-state index contributed by atoms with van der Waals surface area (Å²) in [6, 6.07) is 0. The van der Waals surface area contributed by atoms with Gasteiger partial charge in [-0.15, -0.1) is 5.10 Å². The van der Waals surface area contributed by atoms with Crippen LogP contribution in [0.3, 0.4) is 0 Å². The number of rotatable bonds is 3. The average molecular weight is 250 g/mol. The summed E-state index contributed by atoms with van der Waals surface area (Å²) in [5, 5.41) is 6.81. The van der Waals surface area contributed by atoms with Crippen LogP contribution in [0.5, 0.6) is 0 Å². The molecule has 1 aromatic rings. The van der Waals surface area contributed by atoms with E-state index in [9.17, 15) is 0 Å². The first-order valence-electron chi connectivity index (χ1n) is 6.96. The molecule has 1 saturated carbocycles. The summed E-state index contributed by atoms with van der Waals surface area (Å²) in [5.74, 6) is 2.09. The van der Waals surface area contributed by atoms with Gasteiger partial charge in [0, 0.05) is 32.7 Å². The fraction of sp³-hybridized carbons (Fsp3) is 0.833. The predicted molar refractivity (Wildman–Crippen MR) is 71.4 cm³/mol. The fourth-order valence-electron chi connectivity index (χ4n) is 3.09. The fourth-order valence-corrected chi connectivity index (χ4v) is 3.09. The van der Waals surface area contributed by atoms with E-state index in [-0.39, 0.29) is 0 Å². The van der Waals surface area contributed by atoms with Crippen LogP contribution in [0, 0.1) is 5.92 Å². The van der Waals surface area contributed by atoms with Gasteiger partial charge in [0.15, 0.2) is 0 Å². The summed E-state index contributed by atoms with van der Waals surface area (Å²) >= 11 is 0. The Balaban J connectivity index is 1.48. The molecule has 6 nitrogen and oxygen atoms in total. The maximum atomic E-state index is 5.56. The van der Waals surface area contributed by atoms with Crippen molar-refractivity contribution in [2.45, 2.75) is 25.7 Å². The van der Waals surface area contributed by atoms with Gasteiger partial charge in [-0.25, -0.2) is 5.10 Å². The number of hydrogen-bond acceptors (Lipinski definition) is 5. The van der Waals surface area contributed by atoms with Crippen LogP contribution >= 0.6 is 0 Å². The van der Waals surface area contributed by atoms with E-state index in [1.807, 2.05) is 0 Å². The first kappa shape index (κ1) is 11.8. The van der Waals surface area contributed by atoms with Crippen molar-refractivity contribution >= 4 is 11.9 Å². The third kappa shape index (κ3) is 2.58. The van der Waals surface area contributed by atoms with Crippen molar-refractivity contribution in [3.8, 4) is 0 Å². The van der Waals surface area contributed by atoms with Crippen molar-refractivity contribution in [2.24, 2.45) is 5.92 Å². The minimum absolute atomic E-state index is 0.401. The predicted octanol–water partition coefficient (Wildman–Crippen LogP) is 0.699. The number of piperazine rings is 1. The molecule has 0 spiro atoms. The summed E-state index contributed by atoms with van der Waals surface area (Å²) < 4.78 is 0. The Morgan fingerprint density at radius 1 is 1.17 bits per heavy atom. The molecular formula is C12H22N6. The molecule has 0 aromatic carbocycles. The number of nitrogens with one attached hydrogen (secondary N) is 1. The Hall–Kier alpha value is -1.30. The van der Waals surface area contributed by atoms with Gasteiger partial charge in [0.1, 0.15) is 0 Å². The van der Waals surface area contributed by atoms with Crippen LogP contribution in [0.25, 0.3) is 0 Å². The second-order valence-corrected chi connectivity index (χ2v) is 5.46. The summed E-state index contributed by atoms with van der Waals surface area (Å²) in [5.41, 5.74) is 5.56. The lowest BCUT2D eigenvalue weighted by Crippen LogP contribution is -2.48. The Labute approximate surface area is 108 Å². The lowest BCUT2D eigenvalue weighted by molar-refractivity contribution is 0.219. The van der Waals surface area contributed by atoms with E-state index in [4.69, 9.17) is 5.73 Å². The Morgan fingerprint density at radius 3 is 2.50 bits per heavy atom. The van der Waals surface area contributed by atoms with Crippen molar-refractivity contribution < 1.29 is 0 Å². The Kier molecular flexibility index (Phi) is 3.36. The molecule has 1 aromatic heterocycles. The van der Waals surface area contributed by atoms with E-state index < -0.39 is 0 Å². The van der Waals surface area contributed by atoms with Gasteiger partial charge in [-0.1, -0.05) is 12.8 Å². The molecule has 0 bridgehead atoms. The average Bonchev–Trinajstić information content (AvgIpc) is 3.02. The quantitative estimate of drug-likeness (QED) is 0.826. The van der Waals surface area contributed by atoms with Crippen LogP contribution in [0.4, 0.5) is 11.9 Å². The lowest BCUT2D eigenvalue weighted by Gasteiger charge is -2.35. The molecule has 3 rings (SSSR count). The van der Waals surface area contributed by atoms with Gasteiger partial charge in [-0.2, -0.15) is 4.98 Å². The number of aromatic nitrogens is 3. The van der Waals surface area contributed by atoms with Crippen LogP contribution in [0.1, 0.15) is 25.7 Å². The molecule has 0 radical (unpaired) electrons. The van der Waals surface area contributed by atoms with Crippen LogP contribution in [-0.4, -0.2) is 52.8 Å². The van der Waals surface area contributed by atoms with Crippen LogP contribution in [0.15, 0.2) is 0 Å². The van der Waals surface area contributed by atoms with E-state index in [0.717, 1.165) is 38.0 Å². The minimum Gasteiger partial charge on any atom is -0.368 e. The molecular weight excluding hydrogens is 228 g/mol. The second-order valence-electron chi connectivity index (χ2n) is 5.46. The van der Waals surface area contributed by atoms with Gasteiger partial charge in [-0.05, 0) is 18.8 Å². The third-order valence-electron chi connectivity index (χ3n) is 4.14. The highest BCUT2D eigenvalue weighted by Crippen LogP contribution is 2.26. The van der Waals surface area contributed by atoms with E-state index in [2.05, 4.69) is 25.0 Å². The van der Waals surface area contributed by atoms with Gasteiger partial charge < -0.3 is 10.6 Å². The first-order valence-corrected chi connectivity index (χ1v) is 6.96. The van der Waals surface area contributed by atoms with Crippen molar-refractivity contribution in [2.75, 3.05) is 43.4 Å². The topological polar surface area (TPSA) is 74.1 Å². The zero-order chi connectivity index (χ0) is 12.4. The van der Waals surface area contributed by atoms with Crippen molar-refractivity contribution in [3.05, 3.63) is 0 Å². The normalized spacial score (nSPS) is 22.8. The van der Waals surface area contributed by atoms with Crippen molar-refractivity contribution in [1.29, 1.82) is 0 Å². The molecule has 2 fully saturated rings. The zero-order valence-electron chi connectivity index (χ0n) is 10.8. The summed E-state index contributed by atoms with van der Waals surface area (Å²) in [4.78, 5) is 8.97. The number of hydrogen-bond donors (Lipinski definition) is 2. The Bertz CT molecular complexity index is 376.